The van der Waals surface area contributed by atoms with E-state index in [9.17, 15) is 9.90 Å². The van der Waals surface area contributed by atoms with Crippen molar-refractivity contribution in [2.75, 3.05) is 19.7 Å². The van der Waals surface area contributed by atoms with Gasteiger partial charge in [-0.2, -0.15) is 5.10 Å². The Balaban J connectivity index is 2.08. The summed E-state index contributed by atoms with van der Waals surface area (Å²) in [4.78, 5) is 13.5. The second-order valence-electron chi connectivity index (χ2n) is 4.18. The lowest BCUT2D eigenvalue weighted by Crippen LogP contribution is -2.52. The Kier molecular flexibility index (Phi) is 2.93. The summed E-state index contributed by atoms with van der Waals surface area (Å²) in [5, 5.41) is 25.3. The van der Waals surface area contributed by atoms with Crippen molar-refractivity contribution in [1.82, 2.24) is 15.1 Å². The van der Waals surface area contributed by atoms with Crippen molar-refractivity contribution in [3.63, 3.8) is 0 Å². The number of hydrogen-bond acceptors (Lipinski definition) is 4. The van der Waals surface area contributed by atoms with Gasteiger partial charge in [0.05, 0.1) is 13.2 Å². The SMILES string of the molecule is O=C(c1ccn[nH]1)N1CCC[C@@](O)(CO)C1. The molecule has 0 radical (unpaired) electrons. The number of amides is 1. The van der Waals surface area contributed by atoms with Crippen LogP contribution in [-0.4, -0.2) is 56.5 Å². The van der Waals surface area contributed by atoms with Gasteiger partial charge < -0.3 is 15.1 Å². The minimum absolute atomic E-state index is 0.168. The summed E-state index contributed by atoms with van der Waals surface area (Å²) < 4.78 is 0. The van der Waals surface area contributed by atoms with Crippen LogP contribution < -0.4 is 0 Å². The highest BCUT2D eigenvalue weighted by molar-refractivity contribution is 5.92. The van der Waals surface area contributed by atoms with E-state index in [4.69, 9.17) is 5.11 Å². The third-order valence-corrected chi connectivity index (χ3v) is 2.87. The van der Waals surface area contributed by atoms with E-state index in [2.05, 4.69) is 10.2 Å². The molecular formula is C10H15N3O3. The van der Waals surface area contributed by atoms with Crippen molar-refractivity contribution < 1.29 is 15.0 Å². The van der Waals surface area contributed by atoms with E-state index in [-0.39, 0.29) is 19.1 Å². The van der Waals surface area contributed by atoms with E-state index in [0.717, 1.165) is 0 Å². The molecule has 88 valence electrons. The van der Waals surface area contributed by atoms with Crippen molar-refractivity contribution >= 4 is 5.91 Å². The zero-order chi connectivity index (χ0) is 11.6. The summed E-state index contributed by atoms with van der Waals surface area (Å²) >= 11 is 0. The summed E-state index contributed by atoms with van der Waals surface area (Å²) in [6.45, 7) is 0.446. The molecule has 1 aromatic heterocycles. The van der Waals surface area contributed by atoms with Crippen molar-refractivity contribution in [1.29, 1.82) is 0 Å². The van der Waals surface area contributed by atoms with E-state index >= 15 is 0 Å². The third kappa shape index (κ3) is 2.07. The Hall–Kier alpha value is -1.40. The second kappa shape index (κ2) is 4.23. The summed E-state index contributed by atoms with van der Waals surface area (Å²) in [5.41, 5.74) is -0.754. The van der Waals surface area contributed by atoms with Gasteiger partial charge in [0, 0.05) is 12.7 Å². The fraction of sp³-hybridized carbons (Fsp3) is 0.600. The molecule has 6 nitrogen and oxygen atoms in total. The number of carbonyl (C=O) groups is 1. The van der Waals surface area contributed by atoms with Crippen LogP contribution in [0.5, 0.6) is 0 Å². The number of β-amino-alcohol motifs (C(OH)–C–C–N with tert-alkyl or cyclic N) is 1. The number of aliphatic hydroxyl groups is 2. The summed E-state index contributed by atoms with van der Waals surface area (Å²) in [7, 11) is 0. The molecule has 0 aliphatic carbocycles. The van der Waals surface area contributed by atoms with Gasteiger partial charge in [0.25, 0.3) is 5.91 Å². The van der Waals surface area contributed by atoms with Gasteiger partial charge in [-0.15, -0.1) is 0 Å². The quantitative estimate of drug-likeness (QED) is 0.625. The van der Waals surface area contributed by atoms with E-state index in [1.165, 1.54) is 11.1 Å². The average Bonchev–Trinajstić information content (AvgIpc) is 2.82. The lowest BCUT2D eigenvalue weighted by molar-refractivity contribution is -0.0599. The maximum atomic E-state index is 11.9. The Morgan fingerprint density at radius 2 is 2.50 bits per heavy atom. The standard InChI is InChI=1S/C10H15N3O3/c14-7-10(16)3-1-5-13(6-10)9(15)8-2-4-11-12-8/h2,4,14,16H,1,3,5-7H2,(H,11,12)/t10-/m0/s1. The van der Waals surface area contributed by atoms with Crippen molar-refractivity contribution in [2.24, 2.45) is 0 Å². The lowest BCUT2D eigenvalue weighted by Gasteiger charge is -2.37. The molecule has 0 aromatic carbocycles. The molecule has 1 aromatic rings. The fourth-order valence-corrected chi connectivity index (χ4v) is 1.96. The Morgan fingerprint density at radius 3 is 3.12 bits per heavy atom. The summed E-state index contributed by atoms with van der Waals surface area (Å²) in [6.07, 6.45) is 2.72. The molecule has 1 saturated heterocycles. The molecule has 1 amide bonds. The number of aromatic amines is 1. The fourth-order valence-electron chi connectivity index (χ4n) is 1.96. The van der Waals surface area contributed by atoms with E-state index < -0.39 is 5.60 Å². The van der Waals surface area contributed by atoms with Gasteiger partial charge in [0.15, 0.2) is 0 Å². The summed E-state index contributed by atoms with van der Waals surface area (Å²) in [5.74, 6) is -0.191. The highest BCUT2D eigenvalue weighted by Gasteiger charge is 2.35. The molecule has 1 fully saturated rings. The molecule has 0 unspecified atom stereocenters. The van der Waals surface area contributed by atoms with Gasteiger partial charge in [0.1, 0.15) is 11.3 Å². The number of aliphatic hydroxyl groups excluding tert-OH is 1. The van der Waals surface area contributed by atoms with Gasteiger partial charge in [0.2, 0.25) is 0 Å². The lowest BCUT2D eigenvalue weighted by atomic mass is 9.93. The van der Waals surface area contributed by atoms with Crippen LogP contribution in [0.1, 0.15) is 23.3 Å². The van der Waals surface area contributed by atoms with Crippen LogP contribution in [0.2, 0.25) is 0 Å². The first-order chi connectivity index (χ1) is 7.64. The van der Waals surface area contributed by atoms with Crippen LogP contribution in [0.15, 0.2) is 12.3 Å². The van der Waals surface area contributed by atoms with Gasteiger partial charge in [-0.1, -0.05) is 0 Å². The normalized spacial score (nSPS) is 25.8. The molecule has 1 aliphatic rings. The van der Waals surface area contributed by atoms with E-state index in [1.54, 1.807) is 6.07 Å². The van der Waals surface area contributed by atoms with Crippen molar-refractivity contribution in [3.05, 3.63) is 18.0 Å². The van der Waals surface area contributed by atoms with Gasteiger partial charge in [-0.05, 0) is 18.9 Å². The molecule has 0 saturated carbocycles. The minimum atomic E-state index is -1.16. The number of H-pyrrole nitrogens is 1. The smallest absolute Gasteiger partial charge is 0.271 e. The van der Waals surface area contributed by atoms with Crippen LogP contribution in [0.3, 0.4) is 0 Å². The number of hydrogen-bond donors (Lipinski definition) is 3. The monoisotopic (exact) mass is 225 g/mol. The molecule has 0 spiro atoms. The van der Waals surface area contributed by atoms with Gasteiger partial charge in [-0.25, -0.2) is 0 Å². The van der Waals surface area contributed by atoms with Gasteiger partial charge >= 0.3 is 0 Å². The molecule has 6 heteroatoms. The molecule has 0 bridgehead atoms. The minimum Gasteiger partial charge on any atom is -0.393 e. The zero-order valence-electron chi connectivity index (χ0n) is 8.89. The topological polar surface area (TPSA) is 89.5 Å². The number of nitrogens with zero attached hydrogens (tertiary/aromatic N) is 2. The summed E-state index contributed by atoms with van der Waals surface area (Å²) in [6, 6.07) is 1.59. The number of likely N-dealkylation sites (tertiary alicyclic amines) is 1. The second-order valence-corrected chi connectivity index (χ2v) is 4.18. The number of nitrogens with one attached hydrogen (secondary N) is 1. The predicted octanol–water partition coefficient (Wildman–Crippen LogP) is -0.631. The van der Waals surface area contributed by atoms with Crippen LogP contribution >= 0.6 is 0 Å². The first kappa shape index (κ1) is 11.1. The Bertz CT molecular complexity index is 365. The Labute approximate surface area is 92.9 Å². The van der Waals surface area contributed by atoms with Crippen LogP contribution in [-0.2, 0) is 0 Å². The Morgan fingerprint density at radius 1 is 1.69 bits per heavy atom. The first-order valence-electron chi connectivity index (χ1n) is 5.26. The number of rotatable bonds is 2. The van der Waals surface area contributed by atoms with E-state index in [1.807, 2.05) is 0 Å². The maximum Gasteiger partial charge on any atom is 0.271 e. The largest absolute Gasteiger partial charge is 0.393 e. The predicted molar refractivity (Wildman–Crippen MR) is 55.8 cm³/mol. The molecule has 1 aliphatic heterocycles. The zero-order valence-corrected chi connectivity index (χ0v) is 8.89. The van der Waals surface area contributed by atoms with Crippen LogP contribution in [0.4, 0.5) is 0 Å². The van der Waals surface area contributed by atoms with E-state index in [0.29, 0.717) is 25.1 Å². The van der Waals surface area contributed by atoms with Crippen LogP contribution in [0, 0.1) is 0 Å². The number of carbonyl (C=O) groups excluding carboxylic acids is 1. The molecule has 16 heavy (non-hydrogen) atoms. The molecule has 2 rings (SSSR count). The van der Waals surface area contributed by atoms with Crippen molar-refractivity contribution in [2.45, 2.75) is 18.4 Å². The average molecular weight is 225 g/mol. The molecule has 2 heterocycles. The van der Waals surface area contributed by atoms with Gasteiger partial charge in [-0.3, -0.25) is 9.89 Å². The highest BCUT2D eigenvalue weighted by atomic mass is 16.3. The van der Waals surface area contributed by atoms with Crippen LogP contribution in [0.25, 0.3) is 0 Å². The third-order valence-electron chi connectivity index (χ3n) is 2.87. The molecule has 3 N–H and O–H groups in total. The van der Waals surface area contributed by atoms with Crippen molar-refractivity contribution in [3.8, 4) is 0 Å². The number of piperidine rings is 1. The first-order valence-corrected chi connectivity index (χ1v) is 5.26. The molecular weight excluding hydrogens is 210 g/mol. The molecule has 1 atom stereocenters. The maximum absolute atomic E-state index is 11.9. The number of aromatic nitrogens is 2. The highest BCUT2D eigenvalue weighted by Crippen LogP contribution is 2.21.